The predicted octanol–water partition coefficient (Wildman–Crippen LogP) is 1.52. The minimum absolute atomic E-state index is 1.10. The maximum absolute atomic E-state index is 1.64. The first kappa shape index (κ1) is 3.41. The molecule has 46 valence electrons. The summed E-state index contributed by atoms with van der Waals surface area (Å²) < 4.78 is 0. The smallest absolute Gasteiger partial charge is 0.0164 e. The summed E-state index contributed by atoms with van der Waals surface area (Å²) in [5, 5.41) is 0. The molecule has 0 amide bonds. The van der Waals surface area contributed by atoms with Crippen molar-refractivity contribution in [3.63, 3.8) is 0 Å². The second kappa shape index (κ2) is 0.580. The average Bonchev–Trinajstić information content (AvgIpc) is 2.51. The zero-order valence-corrected chi connectivity index (χ0v) is 5.38. The van der Waals surface area contributed by atoms with Gasteiger partial charge in [-0.3, -0.25) is 0 Å². The molecule has 0 heteroatoms. The first-order valence-corrected chi connectivity index (χ1v) is 4.47. The SMILES string of the molecule is C1C[C@H]2C3C4C5C1C5C432. The van der Waals surface area contributed by atoms with Crippen molar-refractivity contribution in [1.29, 1.82) is 0 Å². The van der Waals surface area contributed by atoms with Gasteiger partial charge in [-0.05, 0) is 53.8 Å². The Morgan fingerprint density at radius 3 is 2.89 bits per heavy atom. The minimum atomic E-state index is 1.10. The fourth-order valence-electron chi connectivity index (χ4n) is 5.31. The van der Waals surface area contributed by atoms with Crippen LogP contribution in [-0.2, 0) is 0 Å². The Labute approximate surface area is 54.6 Å². The van der Waals surface area contributed by atoms with E-state index in [-0.39, 0.29) is 0 Å². The molecule has 0 heterocycles. The quantitative estimate of drug-likeness (QED) is 0.452. The van der Waals surface area contributed by atoms with Crippen LogP contribution in [0.3, 0.4) is 0 Å². The van der Waals surface area contributed by atoms with Crippen molar-refractivity contribution in [2.75, 3.05) is 0 Å². The maximum Gasteiger partial charge on any atom is -0.0164 e. The number of hydrogen-bond acceptors (Lipinski definition) is 0. The van der Waals surface area contributed by atoms with Crippen LogP contribution in [0.4, 0.5) is 0 Å². The standard InChI is InChI=1S/C9H10/c1-2-4-7-8-5-3(1)6(5)9(4,7)8/h3-8H,1-2H2/t3?,4-,5?,6?,7?,8?,9?/m0/s1. The van der Waals surface area contributed by atoms with Gasteiger partial charge >= 0.3 is 0 Å². The molecule has 0 bridgehead atoms. The van der Waals surface area contributed by atoms with Gasteiger partial charge in [-0.1, -0.05) is 0 Å². The molecule has 0 saturated heterocycles. The van der Waals surface area contributed by atoms with Crippen molar-refractivity contribution in [1.82, 2.24) is 0 Å². The predicted molar refractivity (Wildman–Crippen MR) is 32.6 cm³/mol. The van der Waals surface area contributed by atoms with Crippen LogP contribution in [0.25, 0.3) is 0 Å². The highest BCUT2D eigenvalue weighted by Gasteiger charge is 3.04. The Hall–Kier alpha value is 0. The van der Waals surface area contributed by atoms with Gasteiger partial charge < -0.3 is 0 Å². The lowest BCUT2D eigenvalue weighted by molar-refractivity contribution is 0.201. The van der Waals surface area contributed by atoms with Crippen molar-refractivity contribution in [2.24, 2.45) is 40.9 Å². The zero-order chi connectivity index (χ0) is 5.38. The van der Waals surface area contributed by atoms with Gasteiger partial charge in [0, 0.05) is 0 Å². The summed E-state index contributed by atoms with van der Waals surface area (Å²) in [7, 11) is 0. The Kier molecular flexibility index (Phi) is 0.220. The van der Waals surface area contributed by atoms with Crippen LogP contribution < -0.4 is 0 Å². The second-order valence-corrected chi connectivity index (χ2v) is 5.00. The summed E-state index contributed by atoms with van der Waals surface area (Å²) in [6.45, 7) is 0. The highest BCUT2D eigenvalue weighted by Crippen LogP contribution is 3.08. The van der Waals surface area contributed by atoms with E-state index in [1.165, 1.54) is 35.5 Å². The minimum Gasteiger partial charge on any atom is -0.0496 e. The van der Waals surface area contributed by atoms with Crippen LogP contribution in [0, 0.1) is 40.9 Å². The highest BCUT2D eigenvalue weighted by molar-refractivity contribution is 5.51. The van der Waals surface area contributed by atoms with Crippen LogP contribution in [0.2, 0.25) is 0 Å². The van der Waals surface area contributed by atoms with Gasteiger partial charge in [-0.15, -0.1) is 0 Å². The summed E-state index contributed by atoms with van der Waals surface area (Å²) >= 11 is 0. The van der Waals surface area contributed by atoms with Gasteiger partial charge in [0.05, 0.1) is 0 Å². The third kappa shape index (κ3) is 0.130. The second-order valence-electron chi connectivity index (χ2n) is 5.00. The molecular formula is C9H10. The maximum atomic E-state index is 1.64. The first-order valence-electron chi connectivity index (χ1n) is 4.47. The summed E-state index contributed by atoms with van der Waals surface area (Å²) in [5.74, 6) is 7.87. The fraction of sp³-hybridized carbons (Fsp3) is 1.00. The number of hydrogen-bond donors (Lipinski definition) is 0. The van der Waals surface area contributed by atoms with E-state index in [0.717, 1.165) is 5.41 Å². The van der Waals surface area contributed by atoms with Crippen LogP contribution >= 0.6 is 0 Å². The van der Waals surface area contributed by atoms with E-state index in [0.29, 0.717) is 0 Å². The molecule has 9 heavy (non-hydrogen) atoms. The lowest BCUT2D eigenvalue weighted by Crippen LogP contribution is -2.23. The number of fused-ring (bicyclic) bond motifs is 4. The van der Waals surface area contributed by atoms with Crippen molar-refractivity contribution in [2.45, 2.75) is 12.8 Å². The zero-order valence-electron chi connectivity index (χ0n) is 5.38. The Bertz CT molecular complexity index is 208. The molecule has 0 aromatic heterocycles. The number of rotatable bonds is 0. The van der Waals surface area contributed by atoms with E-state index >= 15 is 0 Å². The van der Waals surface area contributed by atoms with Crippen molar-refractivity contribution in [3.05, 3.63) is 0 Å². The molecule has 5 fully saturated rings. The molecule has 0 aromatic carbocycles. The van der Waals surface area contributed by atoms with Crippen LogP contribution in [-0.4, -0.2) is 0 Å². The molecule has 0 nitrogen and oxygen atoms in total. The van der Waals surface area contributed by atoms with Gasteiger partial charge in [0.15, 0.2) is 0 Å². The van der Waals surface area contributed by atoms with E-state index in [1.807, 2.05) is 0 Å². The fourth-order valence-corrected chi connectivity index (χ4v) is 5.31. The molecule has 0 N–H and O–H groups in total. The molecule has 1 spiro atoms. The lowest BCUT2D eigenvalue weighted by Gasteiger charge is -2.27. The van der Waals surface area contributed by atoms with Crippen LogP contribution in [0.15, 0.2) is 0 Å². The first-order chi connectivity index (χ1) is 4.47. The monoisotopic (exact) mass is 118 g/mol. The third-order valence-electron chi connectivity index (χ3n) is 5.43. The Morgan fingerprint density at radius 1 is 1.00 bits per heavy atom. The Balaban J connectivity index is 1.90. The van der Waals surface area contributed by atoms with E-state index < -0.39 is 0 Å². The third-order valence-corrected chi connectivity index (χ3v) is 5.43. The van der Waals surface area contributed by atoms with E-state index in [1.54, 1.807) is 12.8 Å². The summed E-state index contributed by atoms with van der Waals surface area (Å²) in [5.41, 5.74) is 1.10. The van der Waals surface area contributed by atoms with Gasteiger partial charge in [0.25, 0.3) is 0 Å². The molecule has 5 aliphatic rings. The van der Waals surface area contributed by atoms with Gasteiger partial charge in [0.1, 0.15) is 0 Å². The largest absolute Gasteiger partial charge is 0.0496 e. The summed E-state index contributed by atoms with van der Waals surface area (Å²) in [4.78, 5) is 0. The average molecular weight is 118 g/mol. The lowest BCUT2D eigenvalue weighted by atomic mass is 9.77. The molecule has 0 aliphatic heterocycles. The molecule has 0 aromatic rings. The summed E-state index contributed by atoms with van der Waals surface area (Å²) in [6.07, 6.45) is 3.27. The van der Waals surface area contributed by atoms with Crippen molar-refractivity contribution < 1.29 is 0 Å². The topological polar surface area (TPSA) is 0 Å². The molecule has 5 aliphatic carbocycles. The van der Waals surface area contributed by atoms with Gasteiger partial charge in [0.2, 0.25) is 0 Å². The normalized spacial score (nSPS) is 98.7. The molecule has 5 saturated carbocycles. The Morgan fingerprint density at radius 2 is 2.00 bits per heavy atom. The van der Waals surface area contributed by atoms with Crippen LogP contribution in [0.5, 0.6) is 0 Å². The van der Waals surface area contributed by atoms with Gasteiger partial charge in [-0.25, -0.2) is 0 Å². The summed E-state index contributed by atoms with van der Waals surface area (Å²) in [6, 6.07) is 0. The van der Waals surface area contributed by atoms with Crippen molar-refractivity contribution >= 4 is 0 Å². The van der Waals surface area contributed by atoms with E-state index in [4.69, 9.17) is 0 Å². The molecular weight excluding hydrogens is 108 g/mol. The van der Waals surface area contributed by atoms with Crippen molar-refractivity contribution in [3.8, 4) is 0 Å². The van der Waals surface area contributed by atoms with Gasteiger partial charge in [-0.2, -0.15) is 0 Å². The molecule has 0 radical (unpaired) electrons. The molecule has 5 rings (SSSR count). The van der Waals surface area contributed by atoms with E-state index in [2.05, 4.69) is 0 Å². The van der Waals surface area contributed by atoms with E-state index in [9.17, 15) is 0 Å². The highest BCUT2D eigenvalue weighted by atomic mass is 15.1. The van der Waals surface area contributed by atoms with Crippen LogP contribution in [0.1, 0.15) is 12.8 Å². The molecule has 6 unspecified atom stereocenters. The molecule has 7 atom stereocenters.